The van der Waals surface area contributed by atoms with Gasteiger partial charge in [0.1, 0.15) is 0 Å². The van der Waals surface area contributed by atoms with E-state index in [1.54, 1.807) is 0 Å². The lowest BCUT2D eigenvalue weighted by molar-refractivity contribution is 0.389. The van der Waals surface area contributed by atoms with Crippen LogP contribution in [0.25, 0.3) is 0 Å². The van der Waals surface area contributed by atoms with Crippen LogP contribution in [0.2, 0.25) is 0 Å². The molecule has 0 aliphatic carbocycles. The molecule has 1 saturated heterocycles. The molecule has 1 aliphatic rings. The Bertz CT molecular complexity index is 81.5. The van der Waals surface area contributed by atoms with Gasteiger partial charge in [-0.1, -0.05) is 82.1 Å². The predicted molar refractivity (Wildman–Crippen MR) is 86.0 cm³/mol. The highest BCUT2D eigenvalue weighted by Crippen LogP contribution is 2.18. The van der Waals surface area contributed by atoms with Gasteiger partial charge in [-0.25, -0.2) is 0 Å². The lowest BCUT2D eigenvalue weighted by Crippen LogP contribution is -1.74. The fourth-order valence-corrected chi connectivity index (χ4v) is 0.647. The van der Waals surface area contributed by atoms with Gasteiger partial charge >= 0.3 is 0 Å². The molecule has 2 atom stereocenters. The van der Waals surface area contributed by atoms with Crippen molar-refractivity contribution in [3.05, 3.63) is 0 Å². The van der Waals surface area contributed by atoms with E-state index in [4.69, 9.17) is 4.74 Å². The molecule has 0 N–H and O–H groups in total. The third kappa shape index (κ3) is 38.7. The van der Waals surface area contributed by atoms with Crippen molar-refractivity contribution in [1.82, 2.24) is 0 Å². The number of hydrogen-bond acceptors (Lipinski definition) is 1. The van der Waals surface area contributed by atoms with Gasteiger partial charge in [0, 0.05) is 0 Å². The average molecular weight is 251 g/mol. The van der Waals surface area contributed by atoms with Crippen LogP contribution in [0.5, 0.6) is 0 Å². The van der Waals surface area contributed by atoms with Crippen LogP contribution in [0, 0.1) is 0 Å². The highest BCUT2D eigenvalue weighted by atomic mass is 16.6. The van der Waals surface area contributed by atoms with Gasteiger partial charge in [0.2, 0.25) is 0 Å². The smallest absolute Gasteiger partial charge is 0.0811 e. The molecule has 0 amide bonds. The van der Waals surface area contributed by atoms with E-state index in [1.807, 2.05) is 0 Å². The molecule has 0 aromatic carbocycles. The van der Waals surface area contributed by atoms with Gasteiger partial charge in [-0.05, 0) is 13.8 Å². The van der Waals surface area contributed by atoms with Crippen molar-refractivity contribution in [3.63, 3.8) is 0 Å². The number of hydrogen-bond donors (Lipinski definition) is 0. The summed E-state index contributed by atoms with van der Waals surface area (Å²) in [5, 5.41) is 0. The van der Waals surface area contributed by atoms with Gasteiger partial charge in [-0.2, -0.15) is 0 Å². The molecule has 112 valence electrons. The third-order valence-corrected chi connectivity index (χ3v) is 2.22. The van der Waals surface area contributed by atoms with Gasteiger partial charge in [-0.3, -0.25) is 0 Å². The number of epoxide rings is 1. The van der Waals surface area contributed by atoms with Crippen molar-refractivity contribution >= 4 is 0 Å². The summed E-state index contributed by atoms with van der Waals surface area (Å²) in [6.07, 6.45) is 7.82. The first-order valence-electron chi connectivity index (χ1n) is 6.29. The molecule has 1 heterocycles. The summed E-state index contributed by atoms with van der Waals surface area (Å²) >= 11 is 0. The molecule has 1 fully saturated rings. The summed E-state index contributed by atoms with van der Waals surface area (Å²) < 4.78 is 4.92. The molecule has 1 aliphatic heterocycles. The van der Waals surface area contributed by atoms with E-state index >= 15 is 0 Å². The standard InChI is InChI=1S/C5H12.C4H8O.C4H10.3CH4/c1-3-5-4-2;1-3-4(2)5-3;1-3-4-2;;;/h3-5H2,1-2H3;3-4H,1-2H3;3-4H2,1-2H3;3*1H4. The van der Waals surface area contributed by atoms with Crippen LogP contribution in [0.4, 0.5) is 0 Å². The highest BCUT2D eigenvalue weighted by molar-refractivity contribution is 4.73. The zero-order valence-electron chi connectivity index (χ0n) is 11.1. The van der Waals surface area contributed by atoms with Crippen LogP contribution < -0.4 is 0 Å². The Morgan fingerprint density at radius 1 is 0.647 bits per heavy atom. The Labute approximate surface area is 113 Å². The van der Waals surface area contributed by atoms with Crippen LogP contribution in [-0.2, 0) is 4.74 Å². The Morgan fingerprint density at radius 3 is 0.882 bits per heavy atom. The summed E-state index contributed by atoms with van der Waals surface area (Å²) in [5.74, 6) is 0. The van der Waals surface area contributed by atoms with Crippen molar-refractivity contribution in [2.75, 3.05) is 0 Å². The first kappa shape index (κ1) is 30.2. The maximum Gasteiger partial charge on any atom is 0.0811 e. The Hall–Kier alpha value is -0.0400. The summed E-state index contributed by atoms with van der Waals surface area (Å²) in [7, 11) is 0. The first-order valence-corrected chi connectivity index (χ1v) is 6.29. The maximum absolute atomic E-state index is 4.92. The van der Waals surface area contributed by atoms with Gasteiger partial charge < -0.3 is 4.74 Å². The van der Waals surface area contributed by atoms with Crippen LogP contribution in [0.1, 0.15) is 95.9 Å². The van der Waals surface area contributed by atoms with E-state index in [2.05, 4.69) is 41.5 Å². The zero-order chi connectivity index (χ0) is 11.4. The maximum atomic E-state index is 4.92. The topological polar surface area (TPSA) is 12.5 Å². The van der Waals surface area contributed by atoms with Crippen LogP contribution in [0.15, 0.2) is 0 Å². The Morgan fingerprint density at radius 2 is 0.882 bits per heavy atom. The van der Waals surface area contributed by atoms with E-state index in [1.165, 1.54) is 32.1 Å². The van der Waals surface area contributed by atoms with E-state index in [9.17, 15) is 0 Å². The van der Waals surface area contributed by atoms with Gasteiger partial charge in [0.05, 0.1) is 12.2 Å². The minimum Gasteiger partial charge on any atom is -0.370 e. The molecule has 0 aromatic rings. The van der Waals surface area contributed by atoms with E-state index in [0.717, 1.165) is 0 Å². The van der Waals surface area contributed by atoms with Gasteiger partial charge in [0.25, 0.3) is 0 Å². The second kappa shape index (κ2) is 25.0. The highest BCUT2D eigenvalue weighted by Gasteiger charge is 2.27. The molecule has 0 spiro atoms. The molecule has 1 rings (SSSR count). The molecule has 1 heteroatoms. The second-order valence-corrected chi connectivity index (χ2v) is 3.90. The van der Waals surface area contributed by atoms with Crippen LogP contribution >= 0.6 is 0 Å². The van der Waals surface area contributed by atoms with E-state index in [-0.39, 0.29) is 22.3 Å². The van der Waals surface area contributed by atoms with E-state index < -0.39 is 0 Å². The Balaban J connectivity index is -0.0000000392. The van der Waals surface area contributed by atoms with Crippen LogP contribution in [-0.4, -0.2) is 12.2 Å². The molecule has 0 radical (unpaired) electrons. The Kier molecular flexibility index (Phi) is 44.4. The summed E-state index contributed by atoms with van der Waals surface area (Å²) in [6, 6.07) is 0. The van der Waals surface area contributed by atoms with Crippen molar-refractivity contribution in [1.29, 1.82) is 0 Å². The van der Waals surface area contributed by atoms with Crippen molar-refractivity contribution in [3.8, 4) is 0 Å². The molecule has 0 bridgehead atoms. The fraction of sp³-hybridized carbons (Fsp3) is 1.00. The van der Waals surface area contributed by atoms with Gasteiger partial charge in [0.15, 0.2) is 0 Å². The summed E-state index contributed by atoms with van der Waals surface area (Å²) in [6.45, 7) is 12.9. The minimum atomic E-state index is 0. The average Bonchev–Trinajstić information content (AvgIpc) is 2.83. The normalized spacial score (nSPS) is 18.7. The summed E-state index contributed by atoms with van der Waals surface area (Å²) in [4.78, 5) is 0. The third-order valence-electron chi connectivity index (χ3n) is 2.22. The molecule has 0 aromatic heterocycles. The monoisotopic (exact) mass is 250 g/mol. The summed E-state index contributed by atoms with van der Waals surface area (Å²) in [5.41, 5.74) is 0. The van der Waals surface area contributed by atoms with Gasteiger partial charge in [-0.15, -0.1) is 0 Å². The molecule has 0 saturated carbocycles. The molecule has 1 nitrogen and oxygen atoms in total. The quantitative estimate of drug-likeness (QED) is 0.507. The van der Waals surface area contributed by atoms with E-state index in [0.29, 0.717) is 12.2 Å². The first-order chi connectivity index (χ1) is 6.63. The lowest BCUT2D eigenvalue weighted by Gasteiger charge is -1.79. The minimum absolute atomic E-state index is 0. The van der Waals surface area contributed by atoms with Crippen molar-refractivity contribution in [2.24, 2.45) is 0 Å². The molecular weight excluding hydrogens is 208 g/mol. The van der Waals surface area contributed by atoms with Crippen molar-refractivity contribution < 1.29 is 4.74 Å². The van der Waals surface area contributed by atoms with Crippen LogP contribution in [0.3, 0.4) is 0 Å². The lowest BCUT2D eigenvalue weighted by atomic mass is 10.3. The largest absolute Gasteiger partial charge is 0.370 e. The zero-order valence-corrected chi connectivity index (χ0v) is 11.1. The number of ether oxygens (including phenoxy) is 1. The number of rotatable bonds is 3. The molecule has 17 heavy (non-hydrogen) atoms. The number of unbranched alkanes of at least 4 members (excludes halogenated alkanes) is 3. The fourth-order valence-electron chi connectivity index (χ4n) is 0.647. The van der Waals surface area contributed by atoms with Crippen molar-refractivity contribution in [2.45, 2.75) is 108 Å². The SMILES string of the molecule is C.C.C.CC1OC1C.CCCC.CCCCC. The molecule has 2 unspecified atom stereocenters. The predicted octanol–water partition coefficient (Wildman–Crippen LogP) is 6.70. The second-order valence-electron chi connectivity index (χ2n) is 3.90. The molecular formula is C16H42O.